The molecule has 1 heterocycles. The standard InChI is InChI=1S/C8H4F2N2O2/c9-5-1-4-7(2-6(5)10)11-3-8(4)12(13)14/h1-3,11H. The number of halogens is 2. The van der Waals surface area contributed by atoms with Crippen molar-refractivity contribution in [3.05, 3.63) is 40.1 Å². The lowest BCUT2D eigenvalue weighted by Gasteiger charge is -1.92. The van der Waals surface area contributed by atoms with Crippen molar-refractivity contribution in [2.45, 2.75) is 0 Å². The van der Waals surface area contributed by atoms with Gasteiger partial charge in [0.25, 0.3) is 5.69 Å². The van der Waals surface area contributed by atoms with Crippen molar-refractivity contribution in [1.82, 2.24) is 4.98 Å². The molecular weight excluding hydrogens is 194 g/mol. The third-order valence-corrected chi connectivity index (χ3v) is 1.90. The van der Waals surface area contributed by atoms with Crippen molar-refractivity contribution in [3.8, 4) is 0 Å². The molecule has 0 amide bonds. The maximum Gasteiger partial charge on any atom is 0.294 e. The Morgan fingerprint density at radius 3 is 2.57 bits per heavy atom. The lowest BCUT2D eigenvalue weighted by Crippen LogP contribution is -1.87. The van der Waals surface area contributed by atoms with Crippen LogP contribution < -0.4 is 0 Å². The van der Waals surface area contributed by atoms with E-state index in [-0.39, 0.29) is 16.6 Å². The second-order valence-corrected chi connectivity index (χ2v) is 2.74. The highest BCUT2D eigenvalue weighted by molar-refractivity contribution is 5.88. The average molecular weight is 198 g/mol. The average Bonchev–Trinajstić information content (AvgIpc) is 2.48. The van der Waals surface area contributed by atoms with Crippen LogP contribution in [0.5, 0.6) is 0 Å². The molecule has 0 aliphatic rings. The smallest absolute Gasteiger partial charge is 0.294 e. The molecule has 0 fully saturated rings. The number of nitrogens with zero attached hydrogens (tertiary/aromatic N) is 1. The number of H-pyrrole nitrogens is 1. The third-order valence-electron chi connectivity index (χ3n) is 1.90. The predicted molar refractivity (Wildman–Crippen MR) is 44.9 cm³/mol. The summed E-state index contributed by atoms with van der Waals surface area (Å²) in [6, 6.07) is 1.69. The maximum absolute atomic E-state index is 12.8. The number of benzene rings is 1. The molecular formula is C8H4F2N2O2. The summed E-state index contributed by atoms with van der Waals surface area (Å²) >= 11 is 0. The molecule has 6 heteroatoms. The summed E-state index contributed by atoms with van der Waals surface area (Å²) in [5, 5.41) is 10.5. The van der Waals surface area contributed by atoms with Crippen LogP contribution in [0.15, 0.2) is 18.3 Å². The van der Waals surface area contributed by atoms with E-state index in [1.807, 2.05) is 0 Å². The van der Waals surface area contributed by atoms with E-state index in [4.69, 9.17) is 0 Å². The van der Waals surface area contributed by atoms with E-state index in [0.29, 0.717) is 0 Å². The zero-order valence-electron chi connectivity index (χ0n) is 6.75. The molecule has 0 aliphatic heterocycles. The van der Waals surface area contributed by atoms with E-state index < -0.39 is 16.6 Å². The van der Waals surface area contributed by atoms with Crippen LogP contribution in [0.3, 0.4) is 0 Å². The van der Waals surface area contributed by atoms with Gasteiger partial charge in [-0.1, -0.05) is 0 Å². The maximum atomic E-state index is 12.8. The van der Waals surface area contributed by atoms with Crippen LogP contribution in [0.25, 0.3) is 10.9 Å². The fourth-order valence-electron chi connectivity index (χ4n) is 1.25. The molecule has 1 aromatic heterocycles. The molecule has 0 spiro atoms. The Morgan fingerprint density at radius 1 is 1.29 bits per heavy atom. The van der Waals surface area contributed by atoms with Gasteiger partial charge in [0.15, 0.2) is 11.6 Å². The number of hydrogen-bond donors (Lipinski definition) is 1. The number of fused-ring (bicyclic) bond motifs is 1. The minimum absolute atomic E-state index is 0.0638. The number of hydrogen-bond acceptors (Lipinski definition) is 2. The number of rotatable bonds is 1. The number of aromatic nitrogens is 1. The molecule has 0 saturated heterocycles. The molecule has 14 heavy (non-hydrogen) atoms. The van der Waals surface area contributed by atoms with Gasteiger partial charge < -0.3 is 4.98 Å². The fraction of sp³-hybridized carbons (Fsp3) is 0. The zero-order chi connectivity index (χ0) is 10.3. The first-order valence-electron chi connectivity index (χ1n) is 3.70. The van der Waals surface area contributed by atoms with Crippen LogP contribution in [0.2, 0.25) is 0 Å². The van der Waals surface area contributed by atoms with E-state index in [0.717, 1.165) is 18.3 Å². The minimum Gasteiger partial charge on any atom is -0.355 e. The Hall–Kier alpha value is -1.98. The summed E-state index contributed by atoms with van der Waals surface area (Å²) in [7, 11) is 0. The summed E-state index contributed by atoms with van der Waals surface area (Å²) in [5.74, 6) is -2.13. The fourth-order valence-corrected chi connectivity index (χ4v) is 1.25. The van der Waals surface area contributed by atoms with E-state index >= 15 is 0 Å². The first-order valence-corrected chi connectivity index (χ1v) is 3.70. The van der Waals surface area contributed by atoms with E-state index in [2.05, 4.69) is 4.98 Å². The Morgan fingerprint density at radius 2 is 1.93 bits per heavy atom. The lowest BCUT2D eigenvalue weighted by molar-refractivity contribution is -0.383. The van der Waals surface area contributed by atoms with Crippen LogP contribution in [-0.2, 0) is 0 Å². The number of aromatic amines is 1. The highest BCUT2D eigenvalue weighted by atomic mass is 19.2. The highest BCUT2D eigenvalue weighted by Gasteiger charge is 2.16. The molecule has 0 saturated carbocycles. The van der Waals surface area contributed by atoms with Crippen molar-refractivity contribution in [2.75, 3.05) is 0 Å². The van der Waals surface area contributed by atoms with Gasteiger partial charge in [-0.2, -0.15) is 0 Å². The lowest BCUT2D eigenvalue weighted by atomic mass is 10.2. The van der Waals surface area contributed by atoms with Crippen molar-refractivity contribution in [2.24, 2.45) is 0 Å². The summed E-state index contributed by atoms with van der Waals surface area (Å²) in [5.41, 5.74) is -0.0606. The van der Waals surface area contributed by atoms with Gasteiger partial charge >= 0.3 is 0 Å². The van der Waals surface area contributed by atoms with Gasteiger partial charge in [-0.05, 0) is 6.07 Å². The molecule has 1 N–H and O–H groups in total. The molecule has 72 valence electrons. The van der Waals surface area contributed by atoms with Gasteiger partial charge in [-0.15, -0.1) is 0 Å². The second kappa shape index (κ2) is 2.76. The first-order chi connectivity index (χ1) is 6.59. The van der Waals surface area contributed by atoms with Crippen LogP contribution in [0.4, 0.5) is 14.5 Å². The molecule has 0 aliphatic carbocycles. The third kappa shape index (κ3) is 1.12. The largest absolute Gasteiger partial charge is 0.355 e. The Bertz CT molecular complexity index is 521. The van der Waals surface area contributed by atoms with Crippen LogP contribution in [-0.4, -0.2) is 9.91 Å². The van der Waals surface area contributed by atoms with E-state index in [1.54, 1.807) is 0 Å². The summed E-state index contributed by atoms with van der Waals surface area (Å²) in [6.07, 6.45) is 1.10. The van der Waals surface area contributed by atoms with Gasteiger partial charge in [0.2, 0.25) is 0 Å². The van der Waals surface area contributed by atoms with E-state index in [1.165, 1.54) is 0 Å². The van der Waals surface area contributed by atoms with Gasteiger partial charge in [-0.25, -0.2) is 8.78 Å². The highest BCUT2D eigenvalue weighted by Crippen LogP contribution is 2.26. The number of nitrogens with one attached hydrogen (secondary N) is 1. The summed E-state index contributed by atoms with van der Waals surface area (Å²) < 4.78 is 25.5. The van der Waals surface area contributed by atoms with Crippen molar-refractivity contribution in [1.29, 1.82) is 0 Å². The van der Waals surface area contributed by atoms with Crippen LogP contribution in [0, 0.1) is 21.7 Å². The van der Waals surface area contributed by atoms with Crippen LogP contribution in [0.1, 0.15) is 0 Å². The van der Waals surface area contributed by atoms with Crippen LogP contribution >= 0.6 is 0 Å². The molecule has 2 rings (SSSR count). The number of nitro groups is 1. The monoisotopic (exact) mass is 198 g/mol. The first kappa shape index (κ1) is 8.61. The normalized spacial score (nSPS) is 10.7. The van der Waals surface area contributed by atoms with Crippen molar-refractivity contribution < 1.29 is 13.7 Å². The second-order valence-electron chi connectivity index (χ2n) is 2.74. The van der Waals surface area contributed by atoms with Crippen molar-refractivity contribution in [3.63, 3.8) is 0 Å². The predicted octanol–water partition coefficient (Wildman–Crippen LogP) is 2.35. The topological polar surface area (TPSA) is 58.9 Å². The Labute approximate surface area is 76.3 Å². The Kier molecular flexibility index (Phi) is 1.70. The SMILES string of the molecule is O=[N+]([O-])c1c[nH]c2cc(F)c(F)cc12. The van der Waals surface area contributed by atoms with Gasteiger partial charge in [0.05, 0.1) is 22.0 Å². The molecule has 0 radical (unpaired) electrons. The van der Waals surface area contributed by atoms with Gasteiger partial charge in [-0.3, -0.25) is 10.1 Å². The Balaban J connectivity index is 2.80. The quantitative estimate of drug-likeness (QED) is 0.564. The summed E-state index contributed by atoms with van der Waals surface area (Å²) in [4.78, 5) is 12.3. The molecule has 0 unspecified atom stereocenters. The minimum atomic E-state index is -1.10. The molecule has 2 aromatic rings. The molecule has 0 atom stereocenters. The molecule has 4 nitrogen and oxygen atoms in total. The van der Waals surface area contributed by atoms with Gasteiger partial charge in [0.1, 0.15) is 0 Å². The molecule has 1 aromatic carbocycles. The zero-order valence-corrected chi connectivity index (χ0v) is 6.75. The van der Waals surface area contributed by atoms with Gasteiger partial charge in [0, 0.05) is 6.07 Å². The van der Waals surface area contributed by atoms with Crippen molar-refractivity contribution >= 4 is 16.6 Å². The summed E-state index contributed by atoms with van der Waals surface area (Å²) in [6.45, 7) is 0. The van der Waals surface area contributed by atoms with E-state index in [9.17, 15) is 18.9 Å². The molecule has 0 bridgehead atoms.